The number of nitrogens with one attached hydrogen (secondary N) is 1. The van der Waals surface area contributed by atoms with E-state index in [1.54, 1.807) is 18.2 Å². The standard InChI is InChI=1S/C20H20Cl2N2O6S/c1-29-16-8-7-13(11-17(16)31(27,28)24-9-2-3-10-24)20(26)30-12-18(25)23-15-6-4-5-14(21)19(15)22/h4-8,11H,2-3,9-10,12H2,1H3,(H,23,25). The zero-order valence-corrected chi connectivity index (χ0v) is 18.9. The predicted octanol–water partition coefficient (Wildman–Crippen LogP) is 3.58. The van der Waals surface area contributed by atoms with Crippen LogP contribution < -0.4 is 10.1 Å². The average molecular weight is 487 g/mol. The van der Waals surface area contributed by atoms with Gasteiger partial charge in [0.25, 0.3) is 5.91 Å². The molecule has 0 spiro atoms. The van der Waals surface area contributed by atoms with Crippen molar-refractivity contribution in [3.63, 3.8) is 0 Å². The second-order valence-electron chi connectivity index (χ2n) is 6.70. The van der Waals surface area contributed by atoms with Crippen molar-refractivity contribution < 1.29 is 27.5 Å². The van der Waals surface area contributed by atoms with Gasteiger partial charge in [-0.25, -0.2) is 13.2 Å². The van der Waals surface area contributed by atoms with Crippen LogP contribution in [0.1, 0.15) is 23.2 Å². The minimum absolute atomic E-state index is 0.0211. The Bertz CT molecular complexity index is 1100. The smallest absolute Gasteiger partial charge is 0.338 e. The number of carbonyl (C=O) groups excluding carboxylic acids is 2. The maximum atomic E-state index is 12.9. The van der Waals surface area contributed by atoms with E-state index >= 15 is 0 Å². The molecular weight excluding hydrogens is 467 g/mol. The van der Waals surface area contributed by atoms with Crippen LogP contribution in [-0.2, 0) is 19.6 Å². The van der Waals surface area contributed by atoms with E-state index in [1.165, 1.54) is 29.6 Å². The molecule has 3 rings (SSSR count). The van der Waals surface area contributed by atoms with Crippen molar-refractivity contribution in [2.75, 3.05) is 32.1 Å². The highest BCUT2D eigenvalue weighted by Crippen LogP contribution is 2.31. The van der Waals surface area contributed by atoms with Gasteiger partial charge in [-0.1, -0.05) is 29.3 Å². The molecule has 1 fully saturated rings. The van der Waals surface area contributed by atoms with Crippen LogP contribution in [-0.4, -0.2) is 51.4 Å². The van der Waals surface area contributed by atoms with Gasteiger partial charge in [-0.05, 0) is 43.2 Å². The zero-order valence-electron chi connectivity index (χ0n) is 16.6. The van der Waals surface area contributed by atoms with E-state index in [2.05, 4.69) is 5.32 Å². The number of methoxy groups -OCH3 is 1. The van der Waals surface area contributed by atoms with Crippen LogP contribution in [0.4, 0.5) is 5.69 Å². The van der Waals surface area contributed by atoms with Crippen LogP contribution in [0.5, 0.6) is 5.75 Å². The number of amides is 1. The molecule has 1 aliphatic heterocycles. The lowest BCUT2D eigenvalue weighted by atomic mass is 10.2. The molecule has 1 aliphatic rings. The van der Waals surface area contributed by atoms with Crippen LogP contribution in [0.3, 0.4) is 0 Å². The Morgan fingerprint density at radius 3 is 2.52 bits per heavy atom. The fourth-order valence-corrected chi connectivity index (χ4v) is 5.12. The summed E-state index contributed by atoms with van der Waals surface area (Å²) in [5, 5.41) is 2.92. The average Bonchev–Trinajstić information content (AvgIpc) is 3.30. The molecule has 0 bridgehead atoms. The first-order valence-electron chi connectivity index (χ1n) is 9.33. The number of hydrogen-bond donors (Lipinski definition) is 1. The van der Waals surface area contributed by atoms with E-state index in [1.807, 2.05) is 0 Å². The van der Waals surface area contributed by atoms with E-state index < -0.39 is 28.5 Å². The summed E-state index contributed by atoms with van der Waals surface area (Å²) in [6.07, 6.45) is 1.55. The number of sulfonamides is 1. The minimum atomic E-state index is -3.82. The van der Waals surface area contributed by atoms with Crippen molar-refractivity contribution in [2.24, 2.45) is 0 Å². The molecule has 1 saturated heterocycles. The Morgan fingerprint density at radius 1 is 1.13 bits per heavy atom. The first-order chi connectivity index (χ1) is 14.7. The molecule has 0 aromatic heterocycles. The highest BCUT2D eigenvalue weighted by Gasteiger charge is 2.31. The summed E-state index contributed by atoms with van der Waals surface area (Å²) in [6, 6.07) is 8.67. The number of nitrogens with zero attached hydrogens (tertiary/aromatic N) is 1. The molecule has 0 radical (unpaired) electrons. The van der Waals surface area contributed by atoms with Crippen LogP contribution in [0.15, 0.2) is 41.3 Å². The Morgan fingerprint density at radius 2 is 1.84 bits per heavy atom. The molecular formula is C20H20Cl2N2O6S. The lowest BCUT2D eigenvalue weighted by molar-refractivity contribution is -0.119. The molecule has 1 N–H and O–H groups in total. The molecule has 0 unspecified atom stereocenters. The molecule has 0 aliphatic carbocycles. The Balaban J connectivity index is 1.71. The van der Waals surface area contributed by atoms with Gasteiger partial charge in [-0.2, -0.15) is 4.31 Å². The number of carbonyl (C=O) groups is 2. The Labute approximate surface area is 190 Å². The monoisotopic (exact) mass is 486 g/mol. The van der Waals surface area contributed by atoms with Crippen LogP contribution in [0.2, 0.25) is 10.0 Å². The molecule has 2 aromatic carbocycles. The van der Waals surface area contributed by atoms with Crippen molar-refractivity contribution in [1.29, 1.82) is 0 Å². The summed E-state index contributed by atoms with van der Waals surface area (Å²) in [7, 11) is -2.48. The van der Waals surface area contributed by atoms with Crippen molar-refractivity contribution in [1.82, 2.24) is 4.31 Å². The molecule has 1 heterocycles. The Hall–Kier alpha value is -2.33. The SMILES string of the molecule is COc1ccc(C(=O)OCC(=O)Nc2cccc(Cl)c2Cl)cc1S(=O)(=O)N1CCCC1. The van der Waals surface area contributed by atoms with Crippen LogP contribution in [0.25, 0.3) is 0 Å². The zero-order chi connectivity index (χ0) is 22.6. The number of hydrogen-bond acceptors (Lipinski definition) is 6. The molecule has 8 nitrogen and oxygen atoms in total. The van der Waals surface area contributed by atoms with Gasteiger partial charge in [0, 0.05) is 13.1 Å². The largest absolute Gasteiger partial charge is 0.495 e. The predicted molar refractivity (Wildman–Crippen MR) is 116 cm³/mol. The number of rotatable bonds is 7. The number of halogens is 2. The van der Waals surface area contributed by atoms with Gasteiger partial charge in [0.2, 0.25) is 10.0 Å². The van der Waals surface area contributed by atoms with Crippen molar-refractivity contribution >= 4 is 50.8 Å². The Kier molecular flexibility index (Phi) is 7.42. The summed E-state index contributed by atoms with van der Waals surface area (Å²) >= 11 is 11.9. The molecule has 31 heavy (non-hydrogen) atoms. The number of benzene rings is 2. The lowest BCUT2D eigenvalue weighted by Crippen LogP contribution is -2.28. The van der Waals surface area contributed by atoms with Gasteiger partial charge in [0.05, 0.1) is 28.4 Å². The van der Waals surface area contributed by atoms with Gasteiger partial charge < -0.3 is 14.8 Å². The summed E-state index contributed by atoms with van der Waals surface area (Å²) in [5.41, 5.74) is 0.255. The number of anilines is 1. The molecule has 11 heteroatoms. The first kappa shape index (κ1) is 23.3. The molecule has 0 atom stereocenters. The van der Waals surface area contributed by atoms with E-state index in [-0.39, 0.29) is 31.9 Å². The van der Waals surface area contributed by atoms with Gasteiger partial charge in [-0.3, -0.25) is 4.79 Å². The second-order valence-corrected chi connectivity index (χ2v) is 9.39. The van der Waals surface area contributed by atoms with E-state index in [4.69, 9.17) is 32.7 Å². The minimum Gasteiger partial charge on any atom is -0.495 e. The van der Waals surface area contributed by atoms with Crippen molar-refractivity contribution in [3.8, 4) is 5.75 Å². The highest BCUT2D eigenvalue weighted by atomic mass is 35.5. The van der Waals surface area contributed by atoms with Crippen LogP contribution >= 0.6 is 23.2 Å². The molecule has 2 aromatic rings. The molecule has 0 saturated carbocycles. The third-order valence-corrected chi connectivity index (χ3v) is 7.38. The summed E-state index contributed by atoms with van der Waals surface area (Å²) in [6.45, 7) is 0.223. The van der Waals surface area contributed by atoms with Gasteiger partial charge >= 0.3 is 5.97 Å². The maximum absolute atomic E-state index is 12.9. The van der Waals surface area contributed by atoms with E-state index in [0.717, 1.165) is 12.8 Å². The normalized spacial score (nSPS) is 14.3. The topological polar surface area (TPSA) is 102 Å². The summed E-state index contributed by atoms with van der Waals surface area (Å²) in [4.78, 5) is 24.4. The summed E-state index contributed by atoms with van der Waals surface area (Å²) < 4.78 is 37.4. The van der Waals surface area contributed by atoms with Crippen molar-refractivity contribution in [2.45, 2.75) is 17.7 Å². The first-order valence-corrected chi connectivity index (χ1v) is 11.5. The molecule has 166 valence electrons. The quantitative estimate of drug-likeness (QED) is 0.600. The van der Waals surface area contributed by atoms with Gasteiger partial charge in [-0.15, -0.1) is 0 Å². The lowest BCUT2D eigenvalue weighted by Gasteiger charge is -2.18. The second kappa shape index (κ2) is 9.86. The fourth-order valence-electron chi connectivity index (χ4n) is 3.07. The van der Waals surface area contributed by atoms with E-state index in [0.29, 0.717) is 13.1 Å². The number of esters is 1. The molecule has 1 amide bonds. The maximum Gasteiger partial charge on any atom is 0.338 e. The van der Waals surface area contributed by atoms with Crippen molar-refractivity contribution in [3.05, 3.63) is 52.0 Å². The number of ether oxygens (including phenoxy) is 2. The van der Waals surface area contributed by atoms with Gasteiger partial charge in [0.1, 0.15) is 10.6 Å². The third kappa shape index (κ3) is 5.30. The highest BCUT2D eigenvalue weighted by molar-refractivity contribution is 7.89. The van der Waals surface area contributed by atoms with Gasteiger partial charge in [0.15, 0.2) is 6.61 Å². The third-order valence-electron chi connectivity index (χ3n) is 4.64. The summed E-state index contributed by atoms with van der Waals surface area (Å²) in [5.74, 6) is -1.36. The van der Waals surface area contributed by atoms with Crippen LogP contribution in [0, 0.1) is 0 Å². The van der Waals surface area contributed by atoms with E-state index in [9.17, 15) is 18.0 Å². The fraction of sp³-hybridized carbons (Fsp3) is 0.300.